The summed E-state index contributed by atoms with van der Waals surface area (Å²) in [5.74, 6) is 0.484. The van der Waals surface area contributed by atoms with Gasteiger partial charge in [-0.15, -0.1) is 11.3 Å². The fourth-order valence-corrected chi connectivity index (χ4v) is 5.80. The number of carbonyl (C=O) groups is 1. The SMILES string of the molecule is O=C1NC(O)C(c2cccs2)=CN1CCCN1C[C@@H]2C[C@]2(c2ccc(C(F)(F)F)cc2)C1. The minimum absolute atomic E-state index is 0.0248. The highest BCUT2D eigenvalue weighted by Gasteiger charge is 2.60. The number of alkyl halides is 3. The van der Waals surface area contributed by atoms with Crippen molar-refractivity contribution in [1.82, 2.24) is 15.1 Å². The van der Waals surface area contributed by atoms with Crippen molar-refractivity contribution in [2.45, 2.75) is 30.7 Å². The molecule has 2 aliphatic heterocycles. The molecule has 2 amide bonds. The maximum absolute atomic E-state index is 12.9. The molecule has 0 spiro atoms. The summed E-state index contributed by atoms with van der Waals surface area (Å²) in [5.41, 5.74) is 1.04. The van der Waals surface area contributed by atoms with E-state index in [1.807, 2.05) is 17.5 Å². The molecule has 2 fully saturated rings. The molecular weight excluding hydrogens is 439 g/mol. The molecule has 2 aromatic rings. The monoisotopic (exact) mass is 463 g/mol. The summed E-state index contributed by atoms with van der Waals surface area (Å²) in [7, 11) is 0. The van der Waals surface area contributed by atoms with Gasteiger partial charge in [-0.2, -0.15) is 13.2 Å². The lowest BCUT2D eigenvalue weighted by molar-refractivity contribution is -0.137. The van der Waals surface area contributed by atoms with Gasteiger partial charge in [0, 0.05) is 41.7 Å². The van der Waals surface area contributed by atoms with E-state index in [1.54, 1.807) is 23.2 Å². The summed E-state index contributed by atoms with van der Waals surface area (Å²) in [6.07, 6.45) is -1.80. The van der Waals surface area contributed by atoms with Crippen LogP contribution in [-0.2, 0) is 11.6 Å². The normalized spacial score (nSPS) is 27.8. The Morgan fingerprint density at radius 2 is 1.97 bits per heavy atom. The standard InChI is InChI=1S/C23H24F3N3O2S/c24-23(25,26)16-6-4-15(5-7-16)22-11-17(22)12-28(14-22)8-2-9-29-13-18(19-3-1-10-32-19)20(30)27-21(29)31/h1,3-7,10,13,17,20,30H,2,8-9,11-12,14H2,(H,27,31)/t17-,20?,22+/m0/s1. The third-order valence-corrected chi connectivity index (χ3v) is 7.71. The van der Waals surface area contributed by atoms with Gasteiger partial charge in [-0.05, 0) is 54.4 Å². The summed E-state index contributed by atoms with van der Waals surface area (Å²) in [4.78, 5) is 17.1. The number of nitrogens with zero attached hydrogens (tertiary/aromatic N) is 2. The van der Waals surface area contributed by atoms with E-state index >= 15 is 0 Å². The molecule has 1 saturated carbocycles. The van der Waals surface area contributed by atoms with E-state index in [9.17, 15) is 23.1 Å². The van der Waals surface area contributed by atoms with Crippen LogP contribution in [0.2, 0.25) is 0 Å². The first kappa shape index (κ1) is 21.5. The lowest BCUT2D eigenvalue weighted by Crippen LogP contribution is -2.48. The first-order valence-corrected chi connectivity index (χ1v) is 11.6. The minimum atomic E-state index is -4.31. The van der Waals surface area contributed by atoms with E-state index in [0.717, 1.165) is 42.9 Å². The van der Waals surface area contributed by atoms with E-state index in [0.29, 0.717) is 18.0 Å². The van der Waals surface area contributed by atoms with Crippen molar-refractivity contribution in [2.24, 2.45) is 5.92 Å². The molecule has 3 heterocycles. The Morgan fingerprint density at radius 3 is 2.66 bits per heavy atom. The Bertz CT molecular complexity index is 1020. The van der Waals surface area contributed by atoms with E-state index in [4.69, 9.17) is 0 Å². The van der Waals surface area contributed by atoms with Gasteiger partial charge in [0.1, 0.15) is 0 Å². The maximum Gasteiger partial charge on any atom is 0.416 e. The van der Waals surface area contributed by atoms with Crippen LogP contribution in [0, 0.1) is 5.92 Å². The lowest BCUT2D eigenvalue weighted by atomic mass is 9.94. The number of piperidine rings is 1. The largest absolute Gasteiger partial charge is 0.416 e. The summed E-state index contributed by atoms with van der Waals surface area (Å²) in [6, 6.07) is 9.13. The second-order valence-corrected chi connectivity index (χ2v) is 9.78. The number of nitrogens with one attached hydrogen (secondary N) is 1. The molecule has 1 aliphatic carbocycles. The van der Waals surface area contributed by atoms with Crippen LogP contribution in [0.15, 0.2) is 48.0 Å². The molecule has 1 aromatic carbocycles. The molecule has 0 bridgehead atoms. The first-order chi connectivity index (χ1) is 15.3. The predicted octanol–water partition coefficient (Wildman–Crippen LogP) is 4.12. The van der Waals surface area contributed by atoms with Crippen molar-refractivity contribution < 1.29 is 23.1 Å². The number of aliphatic hydroxyl groups is 1. The van der Waals surface area contributed by atoms with Crippen LogP contribution in [0.4, 0.5) is 18.0 Å². The third-order valence-electron chi connectivity index (χ3n) is 6.79. The number of likely N-dealkylation sites (tertiary alicyclic amines) is 1. The number of hydrogen-bond acceptors (Lipinski definition) is 4. The van der Waals surface area contributed by atoms with Crippen molar-refractivity contribution in [2.75, 3.05) is 26.2 Å². The Balaban J connectivity index is 1.17. The van der Waals surface area contributed by atoms with Gasteiger partial charge in [0.15, 0.2) is 6.23 Å². The number of amides is 2. The van der Waals surface area contributed by atoms with Gasteiger partial charge in [-0.1, -0.05) is 18.2 Å². The highest BCUT2D eigenvalue weighted by atomic mass is 32.1. The molecule has 0 radical (unpaired) electrons. The van der Waals surface area contributed by atoms with Crippen molar-refractivity contribution in [1.29, 1.82) is 0 Å². The number of rotatable bonds is 6. The van der Waals surface area contributed by atoms with Crippen LogP contribution in [0.3, 0.4) is 0 Å². The molecule has 5 rings (SSSR count). The molecule has 9 heteroatoms. The van der Waals surface area contributed by atoms with E-state index in [-0.39, 0.29) is 11.4 Å². The fourth-order valence-electron chi connectivity index (χ4n) is 5.04. The van der Waals surface area contributed by atoms with E-state index < -0.39 is 18.0 Å². The second-order valence-electron chi connectivity index (χ2n) is 8.83. The van der Waals surface area contributed by atoms with Gasteiger partial charge in [-0.3, -0.25) is 0 Å². The zero-order valence-corrected chi connectivity index (χ0v) is 18.1. The topological polar surface area (TPSA) is 55.8 Å². The first-order valence-electron chi connectivity index (χ1n) is 10.7. The Kier molecular flexibility index (Phi) is 5.30. The summed E-state index contributed by atoms with van der Waals surface area (Å²) >= 11 is 1.51. The quantitative estimate of drug-likeness (QED) is 0.678. The molecule has 2 N–H and O–H groups in total. The van der Waals surface area contributed by atoms with Crippen molar-refractivity contribution >= 4 is 22.9 Å². The molecule has 32 heavy (non-hydrogen) atoms. The number of thiophene rings is 1. The molecule has 1 unspecified atom stereocenters. The Morgan fingerprint density at radius 1 is 1.19 bits per heavy atom. The van der Waals surface area contributed by atoms with Crippen LogP contribution in [0.1, 0.15) is 28.8 Å². The number of hydrogen-bond donors (Lipinski definition) is 2. The van der Waals surface area contributed by atoms with Crippen molar-refractivity contribution in [3.05, 3.63) is 64.0 Å². The zero-order chi connectivity index (χ0) is 22.5. The van der Waals surface area contributed by atoms with Crippen LogP contribution in [-0.4, -0.2) is 53.3 Å². The average molecular weight is 464 g/mol. The average Bonchev–Trinajstić information content (AvgIpc) is 3.08. The highest BCUT2D eigenvalue weighted by Crippen LogP contribution is 2.59. The number of halogens is 3. The molecular formula is C23H24F3N3O2S. The zero-order valence-electron chi connectivity index (χ0n) is 17.3. The molecule has 5 nitrogen and oxygen atoms in total. The number of carbonyl (C=O) groups excluding carboxylic acids is 1. The van der Waals surface area contributed by atoms with Gasteiger partial charge in [0.25, 0.3) is 0 Å². The number of fused-ring (bicyclic) bond motifs is 1. The minimum Gasteiger partial charge on any atom is -0.369 e. The van der Waals surface area contributed by atoms with Gasteiger partial charge in [0.05, 0.1) is 5.56 Å². The summed E-state index contributed by atoms with van der Waals surface area (Å²) in [6.45, 7) is 3.11. The number of benzene rings is 1. The Labute approximate surface area is 188 Å². The second kappa shape index (κ2) is 7.90. The van der Waals surface area contributed by atoms with E-state index in [2.05, 4.69) is 10.2 Å². The Hall–Kier alpha value is -2.36. The molecule has 170 valence electrons. The lowest BCUT2D eigenvalue weighted by Gasteiger charge is -2.30. The van der Waals surface area contributed by atoms with Crippen LogP contribution in [0.25, 0.3) is 5.57 Å². The van der Waals surface area contributed by atoms with Crippen LogP contribution >= 0.6 is 11.3 Å². The van der Waals surface area contributed by atoms with Gasteiger partial charge in [-0.25, -0.2) is 4.79 Å². The number of urea groups is 1. The summed E-state index contributed by atoms with van der Waals surface area (Å²) in [5, 5.41) is 14.7. The van der Waals surface area contributed by atoms with Gasteiger partial charge >= 0.3 is 12.2 Å². The van der Waals surface area contributed by atoms with Gasteiger partial charge in [0.2, 0.25) is 0 Å². The van der Waals surface area contributed by atoms with E-state index in [1.165, 1.54) is 23.5 Å². The molecule has 1 aromatic heterocycles. The molecule has 3 aliphatic rings. The third kappa shape index (κ3) is 3.93. The summed E-state index contributed by atoms with van der Waals surface area (Å²) < 4.78 is 38.6. The van der Waals surface area contributed by atoms with Crippen molar-refractivity contribution in [3.63, 3.8) is 0 Å². The highest BCUT2D eigenvalue weighted by molar-refractivity contribution is 7.11. The molecule has 3 atom stereocenters. The smallest absolute Gasteiger partial charge is 0.369 e. The van der Waals surface area contributed by atoms with Crippen molar-refractivity contribution in [3.8, 4) is 0 Å². The van der Waals surface area contributed by atoms with Crippen LogP contribution in [0.5, 0.6) is 0 Å². The predicted molar refractivity (Wildman–Crippen MR) is 116 cm³/mol. The number of aliphatic hydroxyl groups excluding tert-OH is 1. The van der Waals surface area contributed by atoms with Gasteiger partial charge < -0.3 is 20.2 Å². The van der Waals surface area contributed by atoms with Crippen LogP contribution < -0.4 is 5.32 Å². The molecule has 1 saturated heterocycles. The fraction of sp³-hybridized carbons (Fsp3) is 0.435. The maximum atomic E-state index is 12.9.